The molecule has 1 aromatic heterocycles. The lowest BCUT2D eigenvalue weighted by atomic mass is 9.75. The Hall–Kier alpha value is -1.85. The maximum atomic E-state index is 12.2. The Kier molecular flexibility index (Phi) is 4.11. The van der Waals surface area contributed by atoms with Crippen LogP contribution in [-0.4, -0.2) is 32.3 Å². The number of carboxylic acids is 1. The molecule has 0 unspecified atom stereocenters. The average molecular weight is 279 g/mol. The van der Waals surface area contributed by atoms with Crippen molar-refractivity contribution < 1.29 is 14.7 Å². The Balaban J connectivity index is 2.10. The standard InChI is InChI=1S/C14H21N3O3/c1-3-10-4-6-14(7-5-10,13(19)20)16-12(18)11-8-15-17(2)9-11/h8-10H,3-7H2,1-2H3,(H,16,18)(H,19,20). The van der Waals surface area contributed by atoms with Gasteiger partial charge in [-0.3, -0.25) is 9.48 Å². The summed E-state index contributed by atoms with van der Waals surface area (Å²) in [6.45, 7) is 2.12. The molecule has 20 heavy (non-hydrogen) atoms. The van der Waals surface area contributed by atoms with Gasteiger partial charge in [-0.1, -0.05) is 13.3 Å². The lowest BCUT2D eigenvalue weighted by Gasteiger charge is -2.37. The van der Waals surface area contributed by atoms with Crippen molar-refractivity contribution in [3.63, 3.8) is 0 Å². The van der Waals surface area contributed by atoms with E-state index >= 15 is 0 Å². The van der Waals surface area contributed by atoms with Crippen molar-refractivity contribution >= 4 is 11.9 Å². The third-order valence-electron chi connectivity index (χ3n) is 4.27. The van der Waals surface area contributed by atoms with E-state index in [9.17, 15) is 14.7 Å². The summed E-state index contributed by atoms with van der Waals surface area (Å²) in [5.74, 6) is -0.738. The number of nitrogens with one attached hydrogen (secondary N) is 1. The summed E-state index contributed by atoms with van der Waals surface area (Å²) in [4.78, 5) is 23.8. The zero-order valence-corrected chi connectivity index (χ0v) is 11.9. The number of amides is 1. The highest BCUT2D eigenvalue weighted by molar-refractivity contribution is 5.97. The van der Waals surface area contributed by atoms with Crippen molar-refractivity contribution in [3.05, 3.63) is 18.0 Å². The Morgan fingerprint density at radius 2 is 2.15 bits per heavy atom. The molecule has 0 aromatic carbocycles. The van der Waals surface area contributed by atoms with E-state index < -0.39 is 11.5 Å². The van der Waals surface area contributed by atoms with Crippen LogP contribution in [0.25, 0.3) is 0 Å². The molecule has 6 nitrogen and oxygen atoms in total. The summed E-state index contributed by atoms with van der Waals surface area (Å²) < 4.78 is 1.52. The molecular formula is C14H21N3O3. The van der Waals surface area contributed by atoms with Gasteiger partial charge in [0.1, 0.15) is 5.54 Å². The van der Waals surface area contributed by atoms with E-state index in [1.807, 2.05) is 0 Å². The van der Waals surface area contributed by atoms with Gasteiger partial charge < -0.3 is 10.4 Å². The lowest BCUT2D eigenvalue weighted by Crippen LogP contribution is -2.56. The zero-order valence-electron chi connectivity index (χ0n) is 11.9. The molecule has 0 spiro atoms. The minimum Gasteiger partial charge on any atom is -0.480 e. The van der Waals surface area contributed by atoms with Gasteiger partial charge >= 0.3 is 5.97 Å². The molecule has 1 fully saturated rings. The molecule has 0 atom stereocenters. The van der Waals surface area contributed by atoms with E-state index in [1.54, 1.807) is 13.2 Å². The number of rotatable bonds is 4. The van der Waals surface area contributed by atoms with Crippen LogP contribution in [0.2, 0.25) is 0 Å². The molecule has 0 radical (unpaired) electrons. The third kappa shape index (κ3) is 2.84. The average Bonchev–Trinajstić information content (AvgIpc) is 2.86. The van der Waals surface area contributed by atoms with E-state index in [2.05, 4.69) is 17.3 Å². The number of aliphatic carboxylic acids is 1. The molecule has 0 bridgehead atoms. The molecule has 1 saturated carbocycles. The first-order chi connectivity index (χ1) is 9.47. The summed E-state index contributed by atoms with van der Waals surface area (Å²) in [6.07, 6.45) is 6.77. The summed E-state index contributed by atoms with van der Waals surface area (Å²) in [6, 6.07) is 0. The molecule has 1 aromatic rings. The van der Waals surface area contributed by atoms with Crippen LogP contribution in [0.15, 0.2) is 12.4 Å². The lowest BCUT2D eigenvalue weighted by molar-refractivity contribution is -0.146. The van der Waals surface area contributed by atoms with Gasteiger partial charge in [-0.05, 0) is 31.6 Å². The van der Waals surface area contributed by atoms with E-state index in [1.165, 1.54) is 10.9 Å². The first kappa shape index (κ1) is 14.6. The van der Waals surface area contributed by atoms with Crippen LogP contribution in [-0.2, 0) is 11.8 Å². The molecule has 1 aliphatic carbocycles. The van der Waals surface area contributed by atoms with Crippen molar-refractivity contribution in [2.75, 3.05) is 0 Å². The van der Waals surface area contributed by atoms with Crippen molar-refractivity contribution in [1.82, 2.24) is 15.1 Å². The van der Waals surface area contributed by atoms with Crippen LogP contribution in [0, 0.1) is 5.92 Å². The summed E-state index contributed by atoms with van der Waals surface area (Å²) in [5, 5.41) is 16.2. The fourth-order valence-corrected chi connectivity index (χ4v) is 2.80. The van der Waals surface area contributed by atoms with Crippen LogP contribution in [0.1, 0.15) is 49.4 Å². The Morgan fingerprint density at radius 3 is 2.60 bits per heavy atom. The SMILES string of the molecule is CCC1CCC(NC(=O)c2cnn(C)c2)(C(=O)O)CC1. The molecule has 1 amide bonds. The van der Waals surface area contributed by atoms with Gasteiger partial charge in [0.05, 0.1) is 11.8 Å². The van der Waals surface area contributed by atoms with Crippen molar-refractivity contribution in [2.24, 2.45) is 13.0 Å². The predicted molar refractivity (Wildman–Crippen MR) is 73.3 cm³/mol. The van der Waals surface area contributed by atoms with Crippen LogP contribution in [0.3, 0.4) is 0 Å². The molecule has 2 rings (SSSR count). The topological polar surface area (TPSA) is 84.2 Å². The molecule has 6 heteroatoms. The minimum absolute atomic E-state index is 0.365. The molecule has 1 heterocycles. The van der Waals surface area contributed by atoms with Crippen LogP contribution < -0.4 is 5.32 Å². The second-order valence-corrected chi connectivity index (χ2v) is 5.60. The number of aromatic nitrogens is 2. The van der Waals surface area contributed by atoms with Crippen LogP contribution >= 0.6 is 0 Å². The molecular weight excluding hydrogens is 258 g/mol. The van der Waals surface area contributed by atoms with E-state index in [-0.39, 0.29) is 5.91 Å². The molecule has 1 aliphatic rings. The van der Waals surface area contributed by atoms with Crippen molar-refractivity contribution in [1.29, 1.82) is 0 Å². The number of carboxylic acid groups (broad SMARTS) is 1. The Bertz CT molecular complexity index is 502. The molecule has 110 valence electrons. The number of nitrogens with zero attached hydrogens (tertiary/aromatic N) is 2. The quantitative estimate of drug-likeness (QED) is 0.876. The Labute approximate surface area is 118 Å². The molecule has 0 aliphatic heterocycles. The van der Waals surface area contributed by atoms with E-state index in [0.29, 0.717) is 24.3 Å². The largest absolute Gasteiger partial charge is 0.480 e. The van der Waals surface area contributed by atoms with E-state index in [0.717, 1.165) is 19.3 Å². The van der Waals surface area contributed by atoms with Gasteiger partial charge in [0.2, 0.25) is 0 Å². The minimum atomic E-state index is -1.13. The van der Waals surface area contributed by atoms with Gasteiger partial charge in [-0.15, -0.1) is 0 Å². The van der Waals surface area contributed by atoms with Gasteiger partial charge in [-0.2, -0.15) is 5.10 Å². The fourth-order valence-electron chi connectivity index (χ4n) is 2.80. The highest BCUT2D eigenvalue weighted by atomic mass is 16.4. The summed E-state index contributed by atoms with van der Waals surface area (Å²) in [5.41, 5.74) is -0.732. The molecule has 2 N–H and O–H groups in total. The van der Waals surface area contributed by atoms with Crippen LogP contribution in [0.5, 0.6) is 0 Å². The normalized spacial score (nSPS) is 26.2. The summed E-state index contributed by atoms with van der Waals surface area (Å²) in [7, 11) is 1.72. The van der Waals surface area contributed by atoms with Gasteiger partial charge in [-0.25, -0.2) is 4.79 Å². The van der Waals surface area contributed by atoms with Gasteiger partial charge in [0, 0.05) is 13.2 Å². The van der Waals surface area contributed by atoms with E-state index in [4.69, 9.17) is 0 Å². The monoisotopic (exact) mass is 279 g/mol. The number of carbonyl (C=O) groups excluding carboxylic acids is 1. The number of carbonyl (C=O) groups is 2. The first-order valence-corrected chi connectivity index (χ1v) is 7.01. The van der Waals surface area contributed by atoms with Crippen molar-refractivity contribution in [3.8, 4) is 0 Å². The molecule has 0 saturated heterocycles. The summed E-state index contributed by atoms with van der Waals surface area (Å²) >= 11 is 0. The fraction of sp³-hybridized carbons (Fsp3) is 0.643. The Morgan fingerprint density at radius 1 is 1.50 bits per heavy atom. The first-order valence-electron chi connectivity index (χ1n) is 7.01. The maximum Gasteiger partial charge on any atom is 0.329 e. The van der Waals surface area contributed by atoms with Crippen LogP contribution in [0.4, 0.5) is 0 Å². The number of hydrogen-bond acceptors (Lipinski definition) is 3. The van der Waals surface area contributed by atoms with Gasteiger partial charge in [0.15, 0.2) is 0 Å². The highest BCUT2D eigenvalue weighted by Crippen LogP contribution is 2.34. The van der Waals surface area contributed by atoms with Gasteiger partial charge in [0.25, 0.3) is 5.91 Å². The zero-order chi connectivity index (χ0) is 14.8. The predicted octanol–water partition coefficient (Wildman–Crippen LogP) is 1.57. The van der Waals surface area contributed by atoms with Crippen molar-refractivity contribution in [2.45, 2.75) is 44.6 Å². The second kappa shape index (κ2) is 5.64. The second-order valence-electron chi connectivity index (χ2n) is 5.60. The maximum absolute atomic E-state index is 12.2. The smallest absolute Gasteiger partial charge is 0.329 e. The number of aryl methyl sites for hydroxylation is 1. The third-order valence-corrected chi connectivity index (χ3v) is 4.27. The highest BCUT2D eigenvalue weighted by Gasteiger charge is 2.43. The number of hydrogen-bond donors (Lipinski definition) is 2.